The Labute approximate surface area is 147 Å². The smallest absolute Gasteiger partial charge is 0.412 e. The molecule has 7 heteroatoms. The van der Waals surface area contributed by atoms with Gasteiger partial charge in [0.25, 0.3) is 0 Å². The minimum atomic E-state index is -0.586. The predicted octanol–water partition coefficient (Wildman–Crippen LogP) is 5.61. The number of nitrogens with one attached hydrogen (secondary N) is 2. The summed E-state index contributed by atoms with van der Waals surface area (Å²) in [6, 6.07) is 6.31. The van der Waals surface area contributed by atoms with Gasteiger partial charge in [-0.2, -0.15) is 0 Å². The number of carbonyl (C=O) groups is 1. The Bertz CT molecular complexity index is 698. The van der Waals surface area contributed by atoms with Gasteiger partial charge in [-0.1, -0.05) is 0 Å². The Kier molecular flexibility index (Phi) is 5.64. The first kappa shape index (κ1) is 17.7. The Morgan fingerprint density at radius 2 is 2.09 bits per heavy atom. The molecule has 2 N–H and O–H groups in total. The second kappa shape index (κ2) is 7.31. The average Bonchev–Trinajstić information content (AvgIpc) is 2.83. The molecule has 124 valence electrons. The number of amides is 1. The Balaban J connectivity index is 2.02. The van der Waals surface area contributed by atoms with E-state index in [9.17, 15) is 9.18 Å². The van der Waals surface area contributed by atoms with Crippen LogP contribution in [0.2, 0.25) is 0 Å². The van der Waals surface area contributed by atoms with Crippen molar-refractivity contribution >= 4 is 44.7 Å². The Morgan fingerprint density at radius 1 is 1.35 bits per heavy atom. The molecule has 4 nitrogen and oxygen atoms in total. The fourth-order valence-corrected chi connectivity index (χ4v) is 3.18. The van der Waals surface area contributed by atoms with E-state index >= 15 is 0 Å². The largest absolute Gasteiger partial charge is 0.444 e. The maximum Gasteiger partial charge on any atom is 0.412 e. The van der Waals surface area contributed by atoms with Gasteiger partial charge in [0.05, 0.1) is 5.69 Å². The van der Waals surface area contributed by atoms with Crippen LogP contribution in [0.1, 0.15) is 25.6 Å². The van der Waals surface area contributed by atoms with E-state index in [-0.39, 0.29) is 5.82 Å². The number of halogens is 2. The van der Waals surface area contributed by atoms with Crippen LogP contribution in [0, 0.1) is 5.82 Å². The van der Waals surface area contributed by atoms with Crippen molar-refractivity contribution in [2.75, 3.05) is 10.6 Å². The molecular formula is C16H18BrFN2O2S. The number of hydrogen-bond donors (Lipinski definition) is 2. The zero-order valence-corrected chi connectivity index (χ0v) is 15.5. The summed E-state index contributed by atoms with van der Waals surface area (Å²) in [7, 11) is 0. The van der Waals surface area contributed by atoms with E-state index in [0.29, 0.717) is 17.9 Å². The van der Waals surface area contributed by atoms with E-state index in [1.165, 1.54) is 12.1 Å². The molecule has 1 aromatic heterocycles. The van der Waals surface area contributed by atoms with Gasteiger partial charge in [0.15, 0.2) is 0 Å². The molecule has 23 heavy (non-hydrogen) atoms. The molecule has 0 aliphatic heterocycles. The summed E-state index contributed by atoms with van der Waals surface area (Å²) >= 11 is 4.96. The second-order valence-corrected chi connectivity index (χ2v) is 7.82. The van der Waals surface area contributed by atoms with Gasteiger partial charge in [-0.25, -0.2) is 9.18 Å². The summed E-state index contributed by atoms with van der Waals surface area (Å²) in [4.78, 5) is 12.8. The summed E-state index contributed by atoms with van der Waals surface area (Å²) in [5, 5.41) is 7.59. The fourth-order valence-electron chi connectivity index (χ4n) is 1.79. The van der Waals surface area contributed by atoms with Crippen molar-refractivity contribution in [2.45, 2.75) is 32.9 Å². The highest BCUT2D eigenvalue weighted by atomic mass is 79.9. The first-order valence-electron chi connectivity index (χ1n) is 6.99. The van der Waals surface area contributed by atoms with Crippen LogP contribution in [0.4, 0.5) is 20.6 Å². The standard InChI is InChI=1S/C16H18BrFN2O2S/c1-16(2,3)22-15(21)20-11-4-5-13(18)14(7-11)19-8-12-6-10(17)9-23-12/h4-7,9,19H,8H2,1-3H3,(H,20,21). The van der Waals surface area contributed by atoms with Crippen LogP contribution in [0.3, 0.4) is 0 Å². The van der Waals surface area contributed by atoms with E-state index < -0.39 is 11.7 Å². The van der Waals surface area contributed by atoms with Gasteiger partial charge in [-0.05, 0) is 61.0 Å². The van der Waals surface area contributed by atoms with Crippen LogP contribution < -0.4 is 10.6 Å². The van der Waals surface area contributed by atoms with Crippen LogP contribution >= 0.6 is 27.3 Å². The number of thiophene rings is 1. The van der Waals surface area contributed by atoms with Gasteiger partial charge in [-0.3, -0.25) is 5.32 Å². The van der Waals surface area contributed by atoms with Gasteiger partial charge in [-0.15, -0.1) is 11.3 Å². The molecule has 0 saturated heterocycles. The van der Waals surface area contributed by atoms with Gasteiger partial charge in [0.1, 0.15) is 11.4 Å². The lowest BCUT2D eigenvalue weighted by atomic mass is 10.2. The van der Waals surface area contributed by atoms with Crippen molar-refractivity contribution in [1.82, 2.24) is 0 Å². The predicted molar refractivity (Wildman–Crippen MR) is 95.6 cm³/mol. The van der Waals surface area contributed by atoms with Gasteiger partial charge >= 0.3 is 6.09 Å². The van der Waals surface area contributed by atoms with Crippen LogP contribution in [0.15, 0.2) is 34.1 Å². The Hall–Kier alpha value is -1.60. The first-order valence-corrected chi connectivity index (χ1v) is 8.66. The maximum absolute atomic E-state index is 13.9. The lowest BCUT2D eigenvalue weighted by Gasteiger charge is -2.20. The lowest BCUT2D eigenvalue weighted by molar-refractivity contribution is 0.0636. The number of benzene rings is 1. The molecule has 2 rings (SSSR count). The summed E-state index contributed by atoms with van der Waals surface area (Å²) in [5.41, 5.74) is 0.205. The van der Waals surface area contributed by atoms with Crippen molar-refractivity contribution in [2.24, 2.45) is 0 Å². The third-order valence-electron chi connectivity index (χ3n) is 2.69. The van der Waals surface area contributed by atoms with Crippen LogP contribution in [-0.2, 0) is 11.3 Å². The summed E-state index contributed by atoms with van der Waals surface area (Å²) < 4.78 is 20.0. The summed E-state index contributed by atoms with van der Waals surface area (Å²) in [6.45, 7) is 5.85. The number of anilines is 2. The van der Waals surface area contributed by atoms with E-state index in [4.69, 9.17) is 4.74 Å². The molecule has 0 fully saturated rings. The third kappa shape index (κ3) is 5.84. The van der Waals surface area contributed by atoms with Crippen molar-refractivity contribution in [1.29, 1.82) is 0 Å². The normalized spacial score (nSPS) is 11.2. The molecular weight excluding hydrogens is 383 g/mol. The Morgan fingerprint density at radius 3 is 2.70 bits per heavy atom. The number of hydrogen-bond acceptors (Lipinski definition) is 4. The number of rotatable bonds is 4. The maximum atomic E-state index is 13.9. The van der Waals surface area contributed by atoms with E-state index in [1.807, 2.05) is 11.4 Å². The number of ether oxygens (including phenoxy) is 1. The molecule has 1 heterocycles. The third-order valence-corrected chi connectivity index (χ3v) is 4.38. The molecule has 0 aliphatic rings. The average molecular weight is 401 g/mol. The zero-order chi connectivity index (χ0) is 17.0. The van der Waals surface area contributed by atoms with Gasteiger partial charge < -0.3 is 10.1 Å². The van der Waals surface area contributed by atoms with Crippen molar-refractivity contribution in [3.63, 3.8) is 0 Å². The molecule has 0 unspecified atom stereocenters. The van der Waals surface area contributed by atoms with Crippen LogP contribution in [0.25, 0.3) is 0 Å². The molecule has 0 bridgehead atoms. The minimum Gasteiger partial charge on any atom is -0.444 e. The highest BCUT2D eigenvalue weighted by Crippen LogP contribution is 2.24. The zero-order valence-electron chi connectivity index (χ0n) is 13.1. The molecule has 0 spiro atoms. The van der Waals surface area contributed by atoms with Gasteiger partial charge in [0, 0.05) is 27.0 Å². The van der Waals surface area contributed by atoms with Crippen LogP contribution in [0.5, 0.6) is 0 Å². The highest BCUT2D eigenvalue weighted by molar-refractivity contribution is 9.10. The second-order valence-electron chi connectivity index (χ2n) is 5.91. The molecule has 2 aromatic rings. The minimum absolute atomic E-state index is 0.322. The molecule has 0 radical (unpaired) electrons. The lowest BCUT2D eigenvalue weighted by Crippen LogP contribution is -2.27. The fraction of sp³-hybridized carbons (Fsp3) is 0.312. The highest BCUT2D eigenvalue weighted by Gasteiger charge is 2.16. The SMILES string of the molecule is CC(C)(C)OC(=O)Nc1ccc(F)c(NCc2cc(Br)cs2)c1. The van der Waals surface area contributed by atoms with Crippen LogP contribution in [-0.4, -0.2) is 11.7 Å². The first-order chi connectivity index (χ1) is 10.7. The van der Waals surface area contributed by atoms with Crippen molar-refractivity contribution in [3.05, 3.63) is 44.8 Å². The molecule has 1 amide bonds. The summed E-state index contributed by atoms with van der Waals surface area (Å²) in [5.74, 6) is -0.379. The molecule has 0 atom stereocenters. The monoisotopic (exact) mass is 400 g/mol. The van der Waals surface area contributed by atoms with E-state index in [1.54, 1.807) is 38.2 Å². The van der Waals surface area contributed by atoms with Crippen molar-refractivity contribution < 1.29 is 13.9 Å². The molecule has 0 saturated carbocycles. The molecule has 0 aliphatic carbocycles. The van der Waals surface area contributed by atoms with Gasteiger partial charge in [0.2, 0.25) is 0 Å². The number of carbonyl (C=O) groups excluding carboxylic acids is 1. The quantitative estimate of drug-likeness (QED) is 0.700. The van der Waals surface area contributed by atoms with E-state index in [0.717, 1.165) is 9.35 Å². The molecule has 1 aromatic carbocycles. The summed E-state index contributed by atoms with van der Waals surface area (Å²) in [6.07, 6.45) is -0.572. The van der Waals surface area contributed by atoms with Crippen molar-refractivity contribution in [3.8, 4) is 0 Å². The topological polar surface area (TPSA) is 50.4 Å². The van der Waals surface area contributed by atoms with E-state index in [2.05, 4.69) is 26.6 Å².